The zero-order chi connectivity index (χ0) is 14.3. The van der Waals surface area contributed by atoms with Crippen molar-refractivity contribution in [2.24, 2.45) is 5.73 Å². The average molecular weight is 263 g/mol. The molecule has 1 aromatic rings. The van der Waals surface area contributed by atoms with Crippen LogP contribution in [0.4, 0.5) is 11.4 Å². The second-order valence-electron chi connectivity index (χ2n) is 4.80. The van der Waals surface area contributed by atoms with E-state index in [0.29, 0.717) is 11.3 Å². The van der Waals surface area contributed by atoms with Crippen LogP contribution in [-0.2, 0) is 0 Å². The molecule has 1 aromatic carbocycles. The number of primary amides is 1. The van der Waals surface area contributed by atoms with E-state index >= 15 is 0 Å². The van der Waals surface area contributed by atoms with Gasteiger partial charge in [-0.3, -0.25) is 4.79 Å². The Labute approximate surface area is 115 Å². The second-order valence-corrected chi connectivity index (χ2v) is 4.80. The first-order valence-corrected chi connectivity index (χ1v) is 7.05. The summed E-state index contributed by atoms with van der Waals surface area (Å²) in [5.41, 5.74) is 13.5. The van der Waals surface area contributed by atoms with Crippen molar-refractivity contribution < 1.29 is 4.79 Å². The number of rotatable bonds is 8. The van der Waals surface area contributed by atoms with Gasteiger partial charge in [-0.1, -0.05) is 32.8 Å². The van der Waals surface area contributed by atoms with Gasteiger partial charge < -0.3 is 16.4 Å². The highest BCUT2D eigenvalue weighted by Crippen LogP contribution is 2.28. The monoisotopic (exact) mass is 263 g/mol. The van der Waals surface area contributed by atoms with E-state index < -0.39 is 5.91 Å². The van der Waals surface area contributed by atoms with Crippen LogP contribution < -0.4 is 16.4 Å². The van der Waals surface area contributed by atoms with E-state index in [0.717, 1.165) is 44.5 Å². The average Bonchev–Trinajstić information content (AvgIpc) is 2.39. The van der Waals surface area contributed by atoms with Crippen LogP contribution in [0.2, 0.25) is 0 Å². The maximum absolute atomic E-state index is 11.6. The maximum atomic E-state index is 11.6. The molecule has 1 rings (SSSR count). The Kier molecular flexibility index (Phi) is 6.19. The van der Waals surface area contributed by atoms with Crippen molar-refractivity contribution in [1.29, 1.82) is 0 Å². The van der Waals surface area contributed by atoms with Gasteiger partial charge in [0.05, 0.1) is 16.9 Å². The molecule has 0 aliphatic carbocycles. The van der Waals surface area contributed by atoms with Crippen molar-refractivity contribution in [2.75, 3.05) is 23.7 Å². The number of benzene rings is 1. The van der Waals surface area contributed by atoms with Crippen molar-refractivity contribution in [3.05, 3.63) is 23.8 Å². The molecule has 0 spiro atoms. The van der Waals surface area contributed by atoms with E-state index in [1.807, 2.05) is 6.07 Å². The number of anilines is 2. The highest BCUT2D eigenvalue weighted by Gasteiger charge is 2.16. The number of carbonyl (C=O) groups excluding carboxylic acids is 1. The van der Waals surface area contributed by atoms with Crippen molar-refractivity contribution in [1.82, 2.24) is 0 Å². The maximum Gasteiger partial charge on any atom is 0.250 e. The fraction of sp³-hybridized carbons (Fsp3) is 0.533. The Morgan fingerprint density at radius 1 is 1.16 bits per heavy atom. The largest absolute Gasteiger partial charge is 0.397 e. The summed E-state index contributed by atoms with van der Waals surface area (Å²) >= 11 is 0. The predicted molar refractivity (Wildman–Crippen MR) is 81.4 cm³/mol. The van der Waals surface area contributed by atoms with Gasteiger partial charge in [-0.15, -0.1) is 0 Å². The third-order valence-electron chi connectivity index (χ3n) is 3.21. The first-order valence-electron chi connectivity index (χ1n) is 7.05. The number of nitrogens with zero attached hydrogens (tertiary/aromatic N) is 1. The number of amides is 1. The molecule has 0 aromatic heterocycles. The third kappa shape index (κ3) is 4.16. The molecule has 106 valence electrons. The van der Waals surface area contributed by atoms with Crippen molar-refractivity contribution in [3.63, 3.8) is 0 Å². The fourth-order valence-corrected chi connectivity index (χ4v) is 2.15. The lowest BCUT2D eigenvalue weighted by atomic mass is 10.1. The van der Waals surface area contributed by atoms with Crippen LogP contribution in [0, 0.1) is 0 Å². The van der Waals surface area contributed by atoms with E-state index in [1.165, 1.54) is 0 Å². The molecule has 0 aliphatic rings. The highest BCUT2D eigenvalue weighted by atomic mass is 16.1. The van der Waals surface area contributed by atoms with Gasteiger partial charge in [-0.05, 0) is 25.0 Å². The van der Waals surface area contributed by atoms with E-state index in [2.05, 4.69) is 18.7 Å². The Balaban J connectivity index is 3.08. The Morgan fingerprint density at radius 3 is 2.21 bits per heavy atom. The van der Waals surface area contributed by atoms with Gasteiger partial charge in [0.2, 0.25) is 0 Å². The van der Waals surface area contributed by atoms with Gasteiger partial charge in [0.1, 0.15) is 0 Å². The summed E-state index contributed by atoms with van der Waals surface area (Å²) in [6.45, 7) is 6.12. The minimum atomic E-state index is -0.416. The number of carbonyl (C=O) groups is 1. The molecule has 0 fully saturated rings. The molecule has 0 saturated heterocycles. The molecule has 0 atom stereocenters. The third-order valence-corrected chi connectivity index (χ3v) is 3.21. The number of nitrogen functional groups attached to an aromatic ring is 1. The van der Waals surface area contributed by atoms with Gasteiger partial charge in [-0.25, -0.2) is 0 Å². The summed E-state index contributed by atoms with van der Waals surface area (Å²) in [7, 11) is 0. The Hall–Kier alpha value is -1.71. The summed E-state index contributed by atoms with van der Waals surface area (Å²) in [6, 6.07) is 5.35. The van der Waals surface area contributed by atoms with E-state index in [-0.39, 0.29) is 0 Å². The zero-order valence-corrected chi connectivity index (χ0v) is 12.0. The molecule has 0 unspecified atom stereocenters. The number of unbranched alkanes of at least 4 members (excludes halogenated alkanes) is 2. The minimum Gasteiger partial charge on any atom is -0.397 e. The van der Waals surface area contributed by atoms with E-state index in [4.69, 9.17) is 11.5 Å². The van der Waals surface area contributed by atoms with Crippen LogP contribution in [0.5, 0.6) is 0 Å². The molecule has 0 bridgehead atoms. The standard InChI is InChI=1S/C15H25N3O/c1-3-5-10-18(11-6-4-2)14-12(15(17)19)8-7-9-13(14)16/h7-9H,3-6,10-11,16H2,1-2H3,(H2,17,19). The molecule has 4 heteroatoms. The SMILES string of the molecule is CCCCN(CCCC)c1c(N)cccc1C(N)=O. The van der Waals surface area contributed by atoms with E-state index in [1.54, 1.807) is 12.1 Å². The van der Waals surface area contributed by atoms with Gasteiger partial charge in [-0.2, -0.15) is 0 Å². The van der Waals surface area contributed by atoms with E-state index in [9.17, 15) is 4.79 Å². The second kappa shape index (κ2) is 7.67. The minimum absolute atomic E-state index is 0.416. The lowest BCUT2D eigenvalue weighted by Gasteiger charge is -2.27. The number of hydrogen-bond acceptors (Lipinski definition) is 3. The van der Waals surface area contributed by atoms with Gasteiger partial charge in [0, 0.05) is 13.1 Å². The van der Waals surface area contributed by atoms with Crippen LogP contribution in [0.1, 0.15) is 49.9 Å². The number of hydrogen-bond donors (Lipinski definition) is 2. The molecule has 0 heterocycles. The molecule has 19 heavy (non-hydrogen) atoms. The fourth-order valence-electron chi connectivity index (χ4n) is 2.15. The lowest BCUT2D eigenvalue weighted by molar-refractivity contribution is 0.100. The summed E-state index contributed by atoms with van der Waals surface area (Å²) < 4.78 is 0. The number of para-hydroxylation sites is 1. The van der Waals surface area contributed by atoms with Crippen molar-refractivity contribution >= 4 is 17.3 Å². The summed E-state index contributed by atoms with van der Waals surface area (Å²) in [5.74, 6) is -0.416. The topological polar surface area (TPSA) is 72.3 Å². The molecule has 0 saturated carbocycles. The zero-order valence-electron chi connectivity index (χ0n) is 12.0. The molecule has 1 amide bonds. The summed E-state index contributed by atoms with van der Waals surface area (Å²) in [6.07, 6.45) is 4.38. The summed E-state index contributed by atoms with van der Waals surface area (Å²) in [4.78, 5) is 13.8. The molecular weight excluding hydrogens is 238 g/mol. The highest BCUT2D eigenvalue weighted by molar-refractivity contribution is 6.01. The Morgan fingerprint density at radius 2 is 1.74 bits per heavy atom. The smallest absolute Gasteiger partial charge is 0.250 e. The molecule has 0 aliphatic heterocycles. The quantitative estimate of drug-likeness (QED) is 0.708. The van der Waals surface area contributed by atoms with Crippen LogP contribution in [0.25, 0.3) is 0 Å². The molecule has 4 N–H and O–H groups in total. The van der Waals surface area contributed by atoms with Crippen molar-refractivity contribution in [2.45, 2.75) is 39.5 Å². The first-order chi connectivity index (χ1) is 9.11. The molecule has 0 radical (unpaired) electrons. The van der Waals surface area contributed by atoms with Crippen LogP contribution >= 0.6 is 0 Å². The normalized spacial score (nSPS) is 10.4. The molecular formula is C15H25N3O. The van der Waals surface area contributed by atoms with Crippen molar-refractivity contribution in [3.8, 4) is 0 Å². The lowest BCUT2D eigenvalue weighted by Crippen LogP contribution is -2.29. The first kappa shape index (κ1) is 15.3. The van der Waals surface area contributed by atoms with Gasteiger partial charge in [0.15, 0.2) is 0 Å². The van der Waals surface area contributed by atoms with Crippen LogP contribution in [-0.4, -0.2) is 19.0 Å². The van der Waals surface area contributed by atoms with Crippen LogP contribution in [0.3, 0.4) is 0 Å². The predicted octanol–water partition coefficient (Wildman–Crippen LogP) is 2.77. The molecule has 4 nitrogen and oxygen atoms in total. The summed E-state index contributed by atoms with van der Waals surface area (Å²) in [5, 5.41) is 0. The number of nitrogens with two attached hydrogens (primary N) is 2. The van der Waals surface area contributed by atoms with Gasteiger partial charge >= 0.3 is 0 Å². The Bertz CT molecular complexity index is 410. The van der Waals surface area contributed by atoms with Crippen LogP contribution in [0.15, 0.2) is 18.2 Å². The van der Waals surface area contributed by atoms with Gasteiger partial charge in [0.25, 0.3) is 5.91 Å².